The SMILES string of the molecule is CCN(C(=O)COC(=O)Cc1c(C)nc2nc(SC)nn2c1C)C1=CCCC1. The third kappa shape index (κ3) is 4.19. The topological polar surface area (TPSA) is 89.7 Å². The molecule has 1 aliphatic rings. The van der Waals surface area contributed by atoms with Crippen LogP contribution in [-0.4, -0.2) is 55.8 Å². The number of nitrogens with zero attached hydrogens (tertiary/aromatic N) is 5. The van der Waals surface area contributed by atoms with Gasteiger partial charge in [0.25, 0.3) is 11.7 Å². The number of ether oxygens (including phenoxy) is 1. The number of aromatic nitrogens is 4. The van der Waals surface area contributed by atoms with Gasteiger partial charge >= 0.3 is 5.97 Å². The van der Waals surface area contributed by atoms with Crippen LogP contribution in [0.2, 0.25) is 0 Å². The average molecular weight is 404 g/mol. The van der Waals surface area contributed by atoms with Gasteiger partial charge in [-0.3, -0.25) is 9.59 Å². The number of carbonyl (C=O) groups excluding carboxylic acids is 2. The van der Waals surface area contributed by atoms with E-state index in [4.69, 9.17) is 4.74 Å². The molecule has 0 radical (unpaired) electrons. The van der Waals surface area contributed by atoms with E-state index >= 15 is 0 Å². The molecule has 0 aromatic carbocycles. The van der Waals surface area contributed by atoms with Crippen LogP contribution in [0.1, 0.15) is 43.1 Å². The summed E-state index contributed by atoms with van der Waals surface area (Å²) in [6.07, 6.45) is 6.97. The Balaban J connectivity index is 1.67. The van der Waals surface area contributed by atoms with Gasteiger partial charge in [0.05, 0.1) is 6.42 Å². The lowest BCUT2D eigenvalue weighted by Crippen LogP contribution is -2.33. The number of allylic oxidation sites excluding steroid dienone is 2. The predicted molar refractivity (Wildman–Crippen MR) is 106 cm³/mol. The van der Waals surface area contributed by atoms with Crippen molar-refractivity contribution in [2.75, 3.05) is 19.4 Å². The largest absolute Gasteiger partial charge is 0.455 e. The molecule has 3 rings (SSSR count). The highest BCUT2D eigenvalue weighted by atomic mass is 32.2. The molecule has 150 valence electrons. The molecular weight excluding hydrogens is 378 g/mol. The molecule has 0 N–H and O–H groups in total. The summed E-state index contributed by atoms with van der Waals surface area (Å²) in [5.74, 6) is -0.135. The van der Waals surface area contributed by atoms with E-state index in [-0.39, 0.29) is 18.9 Å². The molecule has 1 aliphatic carbocycles. The lowest BCUT2D eigenvalue weighted by atomic mass is 10.1. The summed E-state index contributed by atoms with van der Waals surface area (Å²) in [5.41, 5.74) is 3.28. The van der Waals surface area contributed by atoms with Crippen LogP contribution in [0.5, 0.6) is 0 Å². The second-order valence-corrected chi connectivity index (χ2v) is 7.41. The summed E-state index contributed by atoms with van der Waals surface area (Å²) in [5, 5.41) is 5.01. The zero-order valence-corrected chi connectivity index (χ0v) is 17.5. The Kier molecular flexibility index (Phi) is 6.33. The van der Waals surface area contributed by atoms with Crippen molar-refractivity contribution in [2.24, 2.45) is 0 Å². The first kappa shape index (κ1) is 20.3. The predicted octanol–water partition coefficient (Wildman–Crippen LogP) is 2.47. The minimum atomic E-state index is -0.456. The monoisotopic (exact) mass is 403 g/mol. The Morgan fingerprint density at radius 1 is 1.32 bits per heavy atom. The molecule has 2 aromatic rings. The van der Waals surface area contributed by atoms with Crippen LogP contribution < -0.4 is 0 Å². The highest BCUT2D eigenvalue weighted by molar-refractivity contribution is 7.98. The maximum absolute atomic E-state index is 12.4. The summed E-state index contributed by atoms with van der Waals surface area (Å²) in [4.78, 5) is 35.3. The van der Waals surface area contributed by atoms with E-state index in [1.807, 2.05) is 27.0 Å². The quantitative estimate of drug-likeness (QED) is 0.518. The highest BCUT2D eigenvalue weighted by Gasteiger charge is 2.21. The molecule has 0 spiro atoms. The first-order valence-electron chi connectivity index (χ1n) is 9.36. The number of aryl methyl sites for hydroxylation is 2. The second kappa shape index (κ2) is 8.72. The molecule has 8 nitrogen and oxygen atoms in total. The molecule has 0 saturated carbocycles. The van der Waals surface area contributed by atoms with Gasteiger partial charge in [0.2, 0.25) is 5.16 Å². The minimum Gasteiger partial charge on any atom is -0.455 e. The van der Waals surface area contributed by atoms with E-state index in [0.717, 1.165) is 36.2 Å². The summed E-state index contributed by atoms with van der Waals surface area (Å²) >= 11 is 1.43. The molecule has 1 amide bonds. The Labute approximate surface area is 168 Å². The average Bonchev–Trinajstić information content (AvgIpc) is 3.34. The highest BCUT2D eigenvalue weighted by Crippen LogP contribution is 2.21. The van der Waals surface area contributed by atoms with Crippen molar-refractivity contribution >= 4 is 29.4 Å². The number of likely N-dealkylation sites (N-methyl/N-ethyl adjacent to an activating group) is 1. The molecule has 2 heterocycles. The zero-order chi connectivity index (χ0) is 20.3. The van der Waals surface area contributed by atoms with Crippen molar-refractivity contribution in [2.45, 2.75) is 51.6 Å². The van der Waals surface area contributed by atoms with Crippen LogP contribution in [-0.2, 0) is 20.7 Å². The van der Waals surface area contributed by atoms with Gasteiger partial charge in [0, 0.05) is 29.2 Å². The summed E-state index contributed by atoms with van der Waals surface area (Å²) < 4.78 is 6.90. The number of fused-ring (bicyclic) bond motifs is 1. The number of hydrogen-bond donors (Lipinski definition) is 0. The fraction of sp³-hybridized carbons (Fsp3) is 0.526. The van der Waals surface area contributed by atoms with Gasteiger partial charge in [0.1, 0.15) is 0 Å². The number of rotatable bonds is 7. The maximum Gasteiger partial charge on any atom is 0.310 e. The maximum atomic E-state index is 12.4. The van der Waals surface area contributed by atoms with E-state index < -0.39 is 5.97 Å². The molecule has 0 fully saturated rings. The smallest absolute Gasteiger partial charge is 0.310 e. The van der Waals surface area contributed by atoms with Gasteiger partial charge in [0.15, 0.2) is 6.61 Å². The van der Waals surface area contributed by atoms with Crippen molar-refractivity contribution in [1.29, 1.82) is 0 Å². The van der Waals surface area contributed by atoms with Gasteiger partial charge in [-0.25, -0.2) is 9.50 Å². The Morgan fingerprint density at radius 3 is 2.75 bits per heavy atom. The molecule has 2 aromatic heterocycles. The molecule has 0 saturated heterocycles. The third-order valence-corrected chi connectivity index (χ3v) is 5.41. The lowest BCUT2D eigenvalue weighted by Gasteiger charge is -2.22. The number of esters is 1. The molecular formula is C19H25N5O3S. The van der Waals surface area contributed by atoms with Gasteiger partial charge in [-0.2, -0.15) is 4.98 Å². The number of carbonyl (C=O) groups is 2. The zero-order valence-electron chi connectivity index (χ0n) is 16.7. The Bertz CT molecular complexity index is 937. The van der Waals surface area contributed by atoms with Crippen LogP contribution in [0.3, 0.4) is 0 Å². The summed E-state index contributed by atoms with van der Waals surface area (Å²) in [6.45, 7) is 5.95. The standard InChI is InChI=1S/C19H25N5O3S/c1-5-23(14-8-6-7-9-14)16(25)11-27-17(26)10-15-12(2)20-18-21-19(28-4)22-24(18)13(15)3/h8H,5-7,9-11H2,1-4H3. The Hall–Kier alpha value is -2.42. The van der Waals surface area contributed by atoms with Crippen molar-refractivity contribution in [3.63, 3.8) is 0 Å². The number of amides is 1. The van der Waals surface area contributed by atoms with E-state index in [1.54, 1.807) is 9.42 Å². The molecule has 0 unspecified atom stereocenters. The minimum absolute atomic E-state index is 0.0389. The van der Waals surface area contributed by atoms with E-state index in [9.17, 15) is 9.59 Å². The molecule has 0 atom stereocenters. The van der Waals surface area contributed by atoms with E-state index in [1.165, 1.54) is 11.8 Å². The lowest BCUT2D eigenvalue weighted by molar-refractivity contribution is -0.150. The van der Waals surface area contributed by atoms with Crippen LogP contribution in [0.15, 0.2) is 16.9 Å². The summed E-state index contributed by atoms with van der Waals surface area (Å²) in [6, 6.07) is 0. The first-order valence-corrected chi connectivity index (χ1v) is 10.6. The summed E-state index contributed by atoms with van der Waals surface area (Å²) in [7, 11) is 0. The van der Waals surface area contributed by atoms with Crippen LogP contribution >= 0.6 is 11.8 Å². The van der Waals surface area contributed by atoms with Crippen molar-refractivity contribution < 1.29 is 14.3 Å². The first-order chi connectivity index (χ1) is 13.4. The van der Waals surface area contributed by atoms with Crippen LogP contribution in [0.25, 0.3) is 5.78 Å². The van der Waals surface area contributed by atoms with Gasteiger partial charge < -0.3 is 9.64 Å². The fourth-order valence-corrected chi connectivity index (χ4v) is 3.72. The van der Waals surface area contributed by atoms with Crippen LogP contribution in [0, 0.1) is 13.8 Å². The van der Waals surface area contributed by atoms with Crippen molar-refractivity contribution in [3.8, 4) is 0 Å². The van der Waals surface area contributed by atoms with E-state index in [2.05, 4.69) is 21.1 Å². The Morgan fingerprint density at radius 2 is 2.11 bits per heavy atom. The van der Waals surface area contributed by atoms with Gasteiger partial charge in [-0.15, -0.1) is 5.10 Å². The third-order valence-electron chi connectivity index (χ3n) is 4.87. The number of thioether (sulfide) groups is 1. The normalized spacial score (nSPS) is 13.6. The van der Waals surface area contributed by atoms with E-state index in [0.29, 0.717) is 23.2 Å². The van der Waals surface area contributed by atoms with Crippen LogP contribution in [0.4, 0.5) is 0 Å². The molecule has 9 heteroatoms. The van der Waals surface area contributed by atoms with Gasteiger partial charge in [-0.05, 0) is 46.3 Å². The molecule has 28 heavy (non-hydrogen) atoms. The molecule has 0 bridgehead atoms. The fourth-order valence-electron chi connectivity index (χ4n) is 3.39. The second-order valence-electron chi connectivity index (χ2n) is 6.63. The number of hydrogen-bond acceptors (Lipinski definition) is 7. The van der Waals surface area contributed by atoms with Crippen molar-refractivity contribution in [1.82, 2.24) is 24.5 Å². The van der Waals surface area contributed by atoms with Gasteiger partial charge in [-0.1, -0.05) is 17.8 Å². The van der Waals surface area contributed by atoms with Crippen molar-refractivity contribution in [3.05, 3.63) is 28.7 Å². The molecule has 0 aliphatic heterocycles.